The lowest BCUT2D eigenvalue weighted by molar-refractivity contribution is 1.17. The van der Waals surface area contributed by atoms with Crippen LogP contribution in [0.1, 0.15) is 5.56 Å². The Morgan fingerprint density at radius 2 is 1.79 bits per heavy atom. The Balaban J connectivity index is 2.29. The zero-order valence-electron chi connectivity index (χ0n) is 10.1. The minimum atomic E-state index is -0.107. The van der Waals surface area contributed by atoms with E-state index in [-0.39, 0.29) is 5.56 Å². The van der Waals surface area contributed by atoms with Crippen LogP contribution < -0.4 is 5.56 Å². The SMILES string of the molecule is O=c1[nH]c(-c2ccccc2CBr)nc2ccccc12. The van der Waals surface area contributed by atoms with Crippen molar-refractivity contribution in [2.45, 2.75) is 5.33 Å². The number of aromatic nitrogens is 2. The average molecular weight is 315 g/mol. The van der Waals surface area contributed by atoms with Crippen molar-refractivity contribution in [3.63, 3.8) is 0 Å². The van der Waals surface area contributed by atoms with E-state index in [2.05, 4.69) is 25.9 Å². The standard InChI is InChI=1S/C15H11BrN2O/c16-9-10-5-1-2-6-11(10)14-17-13-8-4-3-7-12(13)15(19)18-14/h1-8H,9H2,(H,17,18,19). The summed E-state index contributed by atoms with van der Waals surface area (Å²) in [6.07, 6.45) is 0. The molecule has 19 heavy (non-hydrogen) atoms. The highest BCUT2D eigenvalue weighted by atomic mass is 79.9. The minimum absolute atomic E-state index is 0.107. The van der Waals surface area contributed by atoms with Gasteiger partial charge in [-0.05, 0) is 17.7 Å². The first-order valence-electron chi connectivity index (χ1n) is 5.93. The van der Waals surface area contributed by atoms with Gasteiger partial charge in [0, 0.05) is 10.9 Å². The van der Waals surface area contributed by atoms with Crippen LogP contribution in [0.2, 0.25) is 0 Å². The number of hydrogen-bond donors (Lipinski definition) is 1. The van der Waals surface area contributed by atoms with Crippen LogP contribution in [0.15, 0.2) is 53.3 Å². The van der Waals surface area contributed by atoms with Crippen LogP contribution in [0.25, 0.3) is 22.3 Å². The third-order valence-electron chi connectivity index (χ3n) is 3.03. The molecular weight excluding hydrogens is 304 g/mol. The van der Waals surface area contributed by atoms with Crippen LogP contribution in [0.5, 0.6) is 0 Å². The molecule has 0 saturated carbocycles. The van der Waals surface area contributed by atoms with Gasteiger partial charge in [-0.1, -0.05) is 52.3 Å². The summed E-state index contributed by atoms with van der Waals surface area (Å²) < 4.78 is 0. The molecule has 94 valence electrons. The lowest BCUT2D eigenvalue weighted by Crippen LogP contribution is -2.09. The Kier molecular flexibility index (Phi) is 3.17. The van der Waals surface area contributed by atoms with Crippen molar-refractivity contribution in [2.24, 2.45) is 0 Å². The molecule has 0 aliphatic rings. The largest absolute Gasteiger partial charge is 0.306 e. The second-order valence-corrected chi connectivity index (χ2v) is 4.78. The third-order valence-corrected chi connectivity index (χ3v) is 3.63. The molecule has 3 rings (SSSR count). The van der Waals surface area contributed by atoms with Crippen LogP contribution in [0, 0.1) is 0 Å². The number of benzene rings is 2. The summed E-state index contributed by atoms with van der Waals surface area (Å²) in [6, 6.07) is 15.2. The fourth-order valence-corrected chi connectivity index (χ4v) is 2.57. The maximum Gasteiger partial charge on any atom is 0.259 e. The number of hydrogen-bond acceptors (Lipinski definition) is 2. The maximum atomic E-state index is 12.1. The summed E-state index contributed by atoms with van der Waals surface area (Å²) in [5.41, 5.74) is 2.65. The lowest BCUT2D eigenvalue weighted by Gasteiger charge is -2.07. The number of aromatic amines is 1. The van der Waals surface area contributed by atoms with E-state index in [0.717, 1.165) is 16.5 Å². The van der Waals surface area contributed by atoms with Crippen LogP contribution >= 0.6 is 15.9 Å². The van der Waals surface area contributed by atoms with E-state index in [4.69, 9.17) is 0 Å². The first kappa shape index (κ1) is 12.1. The highest BCUT2D eigenvalue weighted by Crippen LogP contribution is 2.22. The van der Waals surface area contributed by atoms with Crippen molar-refractivity contribution in [2.75, 3.05) is 0 Å². The van der Waals surface area contributed by atoms with Gasteiger partial charge >= 0.3 is 0 Å². The quantitative estimate of drug-likeness (QED) is 0.736. The molecule has 4 heteroatoms. The molecule has 0 bridgehead atoms. The Morgan fingerprint density at radius 3 is 2.63 bits per heavy atom. The first-order valence-corrected chi connectivity index (χ1v) is 7.05. The summed E-state index contributed by atoms with van der Waals surface area (Å²) in [7, 11) is 0. The van der Waals surface area contributed by atoms with E-state index in [1.54, 1.807) is 6.07 Å². The van der Waals surface area contributed by atoms with Gasteiger partial charge in [-0.2, -0.15) is 0 Å². The lowest BCUT2D eigenvalue weighted by atomic mass is 10.1. The van der Waals surface area contributed by atoms with Gasteiger partial charge in [0.1, 0.15) is 5.82 Å². The van der Waals surface area contributed by atoms with E-state index in [1.165, 1.54) is 0 Å². The van der Waals surface area contributed by atoms with Gasteiger partial charge in [0.05, 0.1) is 10.9 Å². The van der Waals surface area contributed by atoms with Crippen LogP contribution in [-0.2, 0) is 5.33 Å². The summed E-state index contributed by atoms with van der Waals surface area (Å²) in [6.45, 7) is 0. The van der Waals surface area contributed by atoms with Gasteiger partial charge in [0.2, 0.25) is 0 Å². The third kappa shape index (κ3) is 2.19. The van der Waals surface area contributed by atoms with E-state index >= 15 is 0 Å². The second kappa shape index (κ2) is 4.97. The normalized spacial score (nSPS) is 10.8. The number of halogens is 1. The molecule has 1 heterocycles. The number of alkyl halides is 1. The van der Waals surface area contributed by atoms with Gasteiger partial charge in [0.15, 0.2) is 0 Å². The molecule has 0 atom stereocenters. The Bertz CT molecular complexity index is 795. The zero-order chi connectivity index (χ0) is 13.2. The molecule has 0 amide bonds. The summed E-state index contributed by atoms with van der Waals surface area (Å²) in [5.74, 6) is 0.610. The van der Waals surface area contributed by atoms with E-state index in [9.17, 15) is 4.79 Å². The van der Waals surface area contributed by atoms with E-state index in [1.807, 2.05) is 42.5 Å². The van der Waals surface area contributed by atoms with E-state index in [0.29, 0.717) is 16.7 Å². The molecule has 0 saturated heterocycles. The average Bonchev–Trinajstić information content (AvgIpc) is 2.47. The number of fused-ring (bicyclic) bond motifs is 1. The molecule has 0 aliphatic carbocycles. The Hall–Kier alpha value is -1.94. The van der Waals surface area contributed by atoms with Crippen molar-refractivity contribution in [1.29, 1.82) is 0 Å². The van der Waals surface area contributed by atoms with Crippen molar-refractivity contribution in [1.82, 2.24) is 9.97 Å². The van der Waals surface area contributed by atoms with Gasteiger partial charge in [-0.15, -0.1) is 0 Å². The molecule has 2 aromatic carbocycles. The molecule has 0 aliphatic heterocycles. The second-order valence-electron chi connectivity index (χ2n) is 4.22. The number of nitrogens with one attached hydrogen (secondary N) is 1. The van der Waals surface area contributed by atoms with Gasteiger partial charge in [-0.25, -0.2) is 4.98 Å². The fourth-order valence-electron chi connectivity index (χ4n) is 2.08. The summed E-state index contributed by atoms with van der Waals surface area (Å²) in [4.78, 5) is 19.5. The van der Waals surface area contributed by atoms with Gasteiger partial charge < -0.3 is 4.98 Å². The van der Waals surface area contributed by atoms with Gasteiger partial charge in [0.25, 0.3) is 5.56 Å². The van der Waals surface area contributed by atoms with Crippen molar-refractivity contribution in [3.8, 4) is 11.4 Å². The highest BCUT2D eigenvalue weighted by molar-refractivity contribution is 9.08. The minimum Gasteiger partial charge on any atom is -0.306 e. The Morgan fingerprint density at radius 1 is 1.05 bits per heavy atom. The smallest absolute Gasteiger partial charge is 0.259 e. The predicted octanol–water partition coefficient (Wildman–Crippen LogP) is 3.49. The first-order chi connectivity index (χ1) is 9.29. The Labute approximate surface area is 118 Å². The topological polar surface area (TPSA) is 45.8 Å². The molecule has 0 spiro atoms. The molecule has 1 aromatic heterocycles. The van der Waals surface area contributed by atoms with Crippen LogP contribution in [0.4, 0.5) is 0 Å². The molecule has 3 nitrogen and oxygen atoms in total. The summed E-state index contributed by atoms with van der Waals surface area (Å²) in [5, 5.41) is 1.34. The maximum absolute atomic E-state index is 12.1. The van der Waals surface area contributed by atoms with Gasteiger partial charge in [-0.3, -0.25) is 4.79 Å². The van der Waals surface area contributed by atoms with Crippen molar-refractivity contribution in [3.05, 3.63) is 64.4 Å². The predicted molar refractivity (Wildman–Crippen MR) is 80.4 cm³/mol. The molecule has 3 aromatic rings. The molecular formula is C15H11BrN2O. The van der Waals surface area contributed by atoms with Crippen molar-refractivity contribution < 1.29 is 0 Å². The summed E-state index contributed by atoms with van der Waals surface area (Å²) >= 11 is 3.45. The van der Waals surface area contributed by atoms with Crippen LogP contribution in [0.3, 0.4) is 0 Å². The van der Waals surface area contributed by atoms with Crippen molar-refractivity contribution >= 4 is 26.8 Å². The molecule has 0 fully saturated rings. The molecule has 0 radical (unpaired) electrons. The monoisotopic (exact) mass is 314 g/mol. The number of para-hydroxylation sites is 1. The fraction of sp³-hybridized carbons (Fsp3) is 0.0667. The number of nitrogens with zero attached hydrogens (tertiary/aromatic N) is 1. The molecule has 0 unspecified atom stereocenters. The van der Waals surface area contributed by atoms with E-state index < -0.39 is 0 Å². The number of H-pyrrole nitrogens is 1. The van der Waals surface area contributed by atoms with Crippen LogP contribution in [-0.4, -0.2) is 9.97 Å². The zero-order valence-corrected chi connectivity index (χ0v) is 11.6. The number of rotatable bonds is 2. The highest BCUT2D eigenvalue weighted by Gasteiger charge is 2.08. The molecule has 1 N–H and O–H groups in total.